The van der Waals surface area contributed by atoms with Crippen LogP contribution in [0.15, 0.2) is 0 Å². The van der Waals surface area contributed by atoms with Gasteiger partial charge in [0.2, 0.25) is 5.91 Å². The van der Waals surface area contributed by atoms with Gasteiger partial charge in [-0.2, -0.15) is 13.2 Å². The number of hydrogen-bond donors (Lipinski definition) is 1. The summed E-state index contributed by atoms with van der Waals surface area (Å²) in [6.07, 6.45) is 0.143. The quantitative estimate of drug-likeness (QED) is 0.844. The zero-order valence-electron chi connectivity index (χ0n) is 11.2. The first-order valence-corrected chi connectivity index (χ1v) is 7.04. The first-order valence-electron chi connectivity index (χ1n) is 7.04. The Morgan fingerprint density at radius 3 is 2.30 bits per heavy atom. The fourth-order valence-corrected chi connectivity index (χ4v) is 2.94. The van der Waals surface area contributed by atoms with Crippen LogP contribution in [0.5, 0.6) is 0 Å². The van der Waals surface area contributed by atoms with Crippen LogP contribution in [0.25, 0.3) is 0 Å². The molecule has 7 heteroatoms. The number of alkyl halides is 3. The predicted molar refractivity (Wildman–Crippen MR) is 65.8 cm³/mol. The van der Waals surface area contributed by atoms with Gasteiger partial charge in [-0.25, -0.2) is 0 Å². The third-order valence-electron chi connectivity index (χ3n) is 4.02. The lowest BCUT2D eigenvalue weighted by atomic mass is 9.96. The fourth-order valence-electron chi connectivity index (χ4n) is 2.94. The van der Waals surface area contributed by atoms with Crippen LogP contribution in [0.1, 0.15) is 38.5 Å². The first kappa shape index (κ1) is 15.1. The average molecular weight is 292 g/mol. The van der Waals surface area contributed by atoms with Crippen LogP contribution < -0.4 is 5.32 Å². The normalized spacial score (nSPS) is 24.8. The van der Waals surface area contributed by atoms with Gasteiger partial charge in [0.25, 0.3) is 0 Å². The standard InChI is InChI=1S/C13H19F3N2O2/c14-13(15,16)12(20)18-7-3-4-9(8-18)11(19)17-10-5-1-2-6-10/h9-10H,1-8H2,(H,17,19). The van der Waals surface area contributed by atoms with Gasteiger partial charge in [-0.3, -0.25) is 9.59 Å². The number of piperidine rings is 1. The van der Waals surface area contributed by atoms with Gasteiger partial charge in [0.05, 0.1) is 5.92 Å². The highest BCUT2D eigenvalue weighted by Crippen LogP contribution is 2.25. The third-order valence-corrected chi connectivity index (χ3v) is 4.02. The fraction of sp³-hybridized carbons (Fsp3) is 0.846. The van der Waals surface area contributed by atoms with Crippen LogP contribution >= 0.6 is 0 Å². The molecule has 0 bridgehead atoms. The molecule has 1 unspecified atom stereocenters. The Balaban J connectivity index is 1.89. The van der Waals surface area contributed by atoms with Gasteiger partial charge < -0.3 is 10.2 Å². The van der Waals surface area contributed by atoms with Gasteiger partial charge in [-0.05, 0) is 25.7 Å². The van der Waals surface area contributed by atoms with E-state index in [1.807, 2.05) is 0 Å². The van der Waals surface area contributed by atoms with Crippen LogP contribution in [-0.4, -0.2) is 42.0 Å². The summed E-state index contributed by atoms with van der Waals surface area (Å²) in [6, 6.07) is 0.149. The van der Waals surface area contributed by atoms with Crippen molar-refractivity contribution < 1.29 is 22.8 Å². The molecule has 2 amide bonds. The van der Waals surface area contributed by atoms with E-state index in [9.17, 15) is 22.8 Å². The van der Waals surface area contributed by atoms with E-state index < -0.39 is 18.0 Å². The molecule has 1 saturated heterocycles. The maximum Gasteiger partial charge on any atom is 0.471 e. The minimum atomic E-state index is -4.86. The first-order chi connectivity index (χ1) is 9.38. The molecule has 20 heavy (non-hydrogen) atoms. The molecule has 0 spiro atoms. The molecule has 4 nitrogen and oxygen atoms in total. The number of amides is 2. The Labute approximate surface area is 115 Å². The summed E-state index contributed by atoms with van der Waals surface area (Å²) in [4.78, 5) is 24.0. The molecule has 0 aromatic heterocycles. The topological polar surface area (TPSA) is 49.4 Å². The number of likely N-dealkylation sites (tertiary alicyclic amines) is 1. The molecule has 1 aliphatic heterocycles. The summed E-state index contributed by atoms with van der Waals surface area (Å²) in [5, 5.41) is 2.89. The van der Waals surface area contributed by atoms with Crippen LogP contribution in [0, 0.1) is 5.92 Å². The van der Waals surface area contributed by atoms with Crippen molar-refractivity contribution in [2.75, 3.05) is 13.1 Å². The largest absolute Gasteiger partial charge is 0.471 e. The van der Waals surface area contributed by atoms with Crippen molar-refractivity contribution in [2.45, 2.75) is 50.7 Å². The Hall–Kier alpha value is -1.27. The lowest BCUT2D eigenvalue weighted by molar-refractivity contribution is -0.187. The minimum Gasteiger partial charge on any atom is -0.353 e. The minimum absolute atomic E-state index is 0.0750. The molecule has 2 fully saturated rings. The maximum atomic E-state index is 12.4. The summed E-state index contributed by atoms with van der Waals surface area (Å²) in [5.74, 6) is -2.57. The summed E-state index contributed by atoms with van der Waals surface area (Å²) in [6.45, 7) is -0.0531. The number of nitrogens with zero attached hydrogens (tertiary/aromatic N) is 1. The van der Waals surface area contributed by atoms with Crippen molar-refractivity contribution in [3.05, 3.63) is 0 Å². The lowest BCUT2D eigenvalue weighted by Gasteiger charge is -2.32. The van der Waals surface area contributed by atoms with Crippen molar-refractivity contribution in [3.63, 3.8) is 0 Å². The van der Waals surface area contributed by atoms with Crippen LogP contribution in [-0.2, 0) is 9.59 Å². The summed E-state index contributed by atoms with van der Waals surface area (Å²) >= 11 is 0. The molecule has 1 aliphatic carbocycles. The van der Waals surface area contributed by atoms with E-state index >= 15 is 0 Å². The number of halogens is 3. The van der Waals surface area contributed by atoms with Crippen molar-refractivity contribution >= 4 is 11.8 Å². The van der Waals surface area contributed by atoms with Crippen molar-refractivity contribution in [2.24, 2.45) is 5.92 Å². The van der Waals surface area contributed by atoms with Gasteiger partial charge >= 0.3 is 12.1 Å². The zero-order chi connectivity index (χ0) is 14.8. The average Bonchev–Trinajstić information content (AvgIpc) is 2.89. The predicted octanol–water partition coefficient (Wildman–Crippen LogP) is 1.85. The molecule has 1 atom stereocenters. The Kier molecular flexibility index (Phi) is 4.55. The molecule has 2 aliphatic rings. The number of nitrogens with one attached hydrogen (secondary N) is 1. The molecule has 0 aromatic carbocycles. The molecule has 114 valence electrons. The van der Waals surface area contributed by atoms with Crippen molar-refractivity contribution in [1.82, 2.24) is 10.2 Å². The molecule has 2 rings (SSSR count). The smallest absolute Gasteiger partial charge is 0.353 e. The summed E-state index contributed by atoms with van der Waals surface area (Å²) in [5.41, 5.74) is 0. The van der Waals surface area contributed by atoms with Gasteiger partial charge in [-0.15, -0.1) is 0 Å². The summed E-state index contributed by atoms with van der Waals surface area (Å²) < 4.78 is 37.2. The Bertz CT molecular complexity index is 378. The van der Waals surface area contributed by atoms with E-state index in [0.29, 0.717) is 12.8 Å². The SMILES string of the molecule is O=C(NC1CCCC1)C1CCCN(C(=O)C(F)(F)F)C1. The van der Waals surface area contributed by atoms with E-state index in [-0.39, 0.29) is 25.0 Å². The van der Waals surface area contributed by atoms with Gasteiger partial charge in [0.15, 0.2) is 0 Å². The number of carbonyl (C=O) groups excluding carboxylic acids is 2. The highest BCUT2D eigenvalue weighted by molar-refractivity contribution is 5.84. The van der Waals surface area contributed by atoms with E-state index in [2.05, 4.69) is 5.32 Å². The van der Waals surface area contributed by atoms with E-state index in [4.69, 9.17) is 0 Å². The van der Waals surface area contributed by atoms with Gasteiger partial charge in [0, 0.05) is 19.1 Å². The number of hydrogen-bond acceptors (Lipinski definition) is 2. The molecule has 0 aromatic rings. The molecular formula is C13H19F3N2O2. The van der Waals surface area contributed by atoms with Gasteiger partial charge in [-0.1, -0.05) is 12.8 Å². The van der Waals surface area contributed by atoms with E-state index in [1.54, 1.807) is 0 Å². The second kappa shape index (κ2) is 6.01. The zero-order valence-corrected chi connectivity index (χ0v) is 11.2. The maximum absolute atomic E-state index is 12.4. The Morgan fingerprint density at radius 2 is 1.70 bits per heavy atom. The second-order valence-electron chi connectivity index (χ2n) is 5.58. The van der Waals surface area contributed by atoms with Crippen LogP contribution in [0.2, 0.25) is 0 Å². The molecule has 0 radical (unpaired) electrons. The van der Waals surface area contributed by atoms with Crippen molar-refractivity contribution in [1.29, 1.82) is 0 Å². The Morgan fingerprint density at radius 1 is 1.05 bits per heavy atom. The summed E-state index contributed by atoms with van der Waals surface area (Å²) in [7, 11) is 0. The molecular weight excluding hydrogens is 273 g/mol. The molecule has 1 saturated carbocycles. The monoisotopic (exact) mass is 292 g/mol. The number of rotatable bonds is 2. The highest BCUT2D eigenvalue weighted by atomic mass is 19.4. The van der Waals surface area contributed by atoms with Crippen LogP contribution in [0.3, 0.4) is 0 Å². The third kappa shape index (κ3) is 3.64. The van der Waals surface area contributed by atoms with Crippen LogP contribution in [0.4, 0.5) is 13.2 Å². The second-order valence-corrected chi connectivity index (χ2v) is 5.58. The highest BCUT2D eigenvalue weighted by Gasteiger charge is 2.44. The van der Waals surface area contributed by atoms with E-state index in [0.717, 1.165) is 30.6 Å². The lowest BCUT2D eigenvalue weighted by Crippen LogP contribution is -2.50. The molecule has 1 N–H and O–H groups in total. The van der Waals surface area contributed by atoms with Crippen molar-refractivity contribution in [3.8, 4) is 0 Å². The van der Waals surface area contributed by atoms with Gasteiger partial charge in [0.1, 0.15) is 0 Å². The number of carbonyl (C=O) groups is 2. The molecule has 1 heterocycles. The van der Waals surface area contributed by atoms with E-state index in [1.165, 1.54) is 0 Å².